The molecule has 1 saturated heterocycles. The van der Waals surface area contributed by atoms with E-state index < -0.39 is 0 Å². The van der Waals surface area contributed by atoms with Crippen LogP contribution in [0.3, 0.4) is 0 Å². The monoisotopic (exact) mass is 252 g/mol. The molecule has 2 rings (SSSR count). The second-order valence-corrected chi connectivity index (χ2v) is 7.07. The summed E-state index contributed by atoms with van der Waals surface area (Å²) in [5.41, 5.74) is 0.438. The highest BCUT2D eigenvalue weighted by atomic mass is 16.2. The fourth-order valence-corrected chi connectivity index (χ4v) is 3.34. The van der Waals surface area contributed by atoms with Gasteiger partial charge in [-0.3, -0.25) is 4.79 Å². The Morgan fingerprint density at radius 2 is 1.78 bits per heavy atom. The van der Waals surface area contributed by atoms with Crippen molar-refractivity contribution >= 4 is 5.91 Å². The summed E-state index contributed by atoms with van der Waals surface area (Å²) in [6, 6.07) is 0.618. The molecular formula is C15H28N2O. The van der Waals surface area contributed by atoms with E-state index in [2.05, 4.69) is 31.4 Å². The minimum absolute atomic E-state index is 0.0648. The van der Waals surface area contributed by atoms with E-state index in [-0.39, 0.29) is 11.9 Å². The fraction of sp³-hybridized carbons (Fsp3) is 0.933. The smallest absolute Gasteiger partial charge is 0.237 e. The maximum atomic E-state index is 11.7. The number of piperidine rings is 1. The predicted molar refractivity (Wildman–Crippen MR) is 74.4 cm³/mol. The molecule has 0 aromatic carbocycles. The summed E-state index contributed by atoms with van der Waals surface area (Å²) in [6.07, 6.45) is 7.17. The van der Waals surface area contributed by atoms with Crippen molar-refractivity contribution in [2.45, 2.75) is 71.4 Å². The third-order valence-electron chi connectivity index (χ3n) is 4.67. The molecule has 1 amide bonds. The van der Waals surface area contributed by atoms with Crippen molar-refractivity contribution in [3.8, 4) is 0 Å². The molecule has 3 heteroatoms. The number of rotatable bonds is 2. The Bertz CT molecular complexity index is 287. The molecule has 2 N–H and O–H groups in total. The molecule has 1 aliphatic carbocycles. The number of hydrogen-bond acceptors (Lipinski definition) is 2. The second-order valence-electron chi connectivity index (χ2n) is 7.07. The van der Waals surface area contributed by atoms with Gasteiger partial charge in [0.15, 0.2) is 0 Å². The van der Waals surface area contributed by atoms with Gasteiger partial charge < -0.3 is 10.6 Å². The number of carbonyl (C=O) groups is 1. The van der Waals surface area contributed by atoms with Gasteiger partial charge in [0.1, 0.15) is 0 Å². The first-order valence-electron chi connectivity index (χ1n) is 7.50. The van der Waals surface area contributed by atoms with Crippen LogP contribution >= 0.6 is 0 Å². The molecule has 1 unspecified atom stereocenters. The summed E-state index contributed by atoms with van der Waals surface area (Å²) in [7, 11) is 0. The third-order valence-corrected chi connectivity index (χ3v) is 4.67. The summed E-state index contributed by atoms with van der Waals surface area (Å²) in [4.78, 5) is 11.7. The summed E-state index contributed by atoms with van der Waals surface area (Å²) in [5.74, 6) is 1.05. The van der Waals surface area contributed by atoms with E-state index in [0.717, 1.165) is 25.3 Å². The Hall–Kier alpha value is -0.570. The van der Waals surface area contributed by atoms with Gasteiger partial charge in [0.2, 0.25) is 5.91 Å². The Balaban J connectivity index is 1.78. The third kappa shape index (κ3) is 3.47. The van der Waals surface area contributed by atoms with Gasteiger partial charge in [-0.2, -0.15) is 0 Å². The standard InChI is InChI=1S/C15H28N2O/c1-15(2,3)11-6-8-12(9-7-11)17-13-5-4-10-16-14(13)18/h11-13,17H,4-10H2,1-3H3,(H,16,18). The molecule has 0 radical (unpaired) electrons. The molecule has 1 atom stereocenters. The molecule has 1 saturated carbocycles. The van der Waals surface area contributed by atoms with E-state index >= 15 is 0 Å². The zero-order chi connectivity index (χ0) is 13.2. The average Bonchev–Trinajstić information content (AvgIpc) is 2.32. The van der Waals surface area contributed by atoms with Crippen LogP contribution in [0.25, 0.3) is 0 Å². The second kappa shape index (κ2) is 5.60. The first-order valence-corrected chi connectivity index (χ1v) is 7.50. The van der Waals surface area contributed by atoms with Crippen molar-refractivity contribution in [1.29, 1.82) is 0 Å². The first kappa shape index (κ1) is 13.9. The van der Waals surface area contributed by atoms with Crippen LogP contribution in [0.15, 0.2) is 0 Å². The Morgan fingerprint density at radius 3 is 2.33 bits per heavy atom. The quantitative estimate of drug-likeness (QED) is 0.792. The van der Waals surface area contributed by atoms with Crippen LogP contribution in [-0.2, 0) is 4.79 Å². The van der Waals surface area contributed by atoms with E-state index in [0.29, 0.717) is 11.5 Å². The van der Waals surface area contributed by atoms with E-state index in [9.17, 15) is 4.79 Å². The van der Waals surface area contributed by atoms with Crippen LogP contribution in [0, 0.1) is 11.3 Å². The van der Waals surface area contributed by atoms with Gasteiger partial charge in [0.25, 0.3) is 0 Å². The van der Waals surface area contributed by atoms with Gasteiger partial charge in [-0.1, -0.05) is 20.8 Å². The Labute approximate surface area is 111 Å². The first-order chi connectivity index (χ1) is 8.47. The maximum absolute atomic E-state index is 11.7. The van der Waals surface area contributed by atoms with E-state index in [1.165, 1.54) is 25.7 Å². The topological polar surface area (TPSA) is 41.1 Å². The fourth-order valence-electron chi connectivity index (χ4n) is 3.34. The average molecular weight is 252 g/mol. The zero-order valence-corrected chi connectivity index (χ0v) is 12.1. The SMILES string of the molecule is CC(C)(C)C1CCC(NC2CCCNC2=O)CC1. The van der Waals surface area contributed by atoms with Crippen molar-refractivity contribution in [3.05, 3.63) is 0 Å². The molecule has 1 aliphatic heterocycles. The Kier molecular flexibility index (Phi) is 4.31. The molecule has 2 aliphatic rings. The van der Waals surface area contributed by atoms with Crippen LogP contribution in [0.1, 0.15) is 59.3 Å². The minimum atomic E-state index is 0.0648. The van der Waals surface area contributed by atoms with Gasteiger partial charge in [0.05, 0.1) is 6.04 Å². The molecule has 0 aromatic rings. The Morgan fingerprint density at radius 1 is 1.11 bits per heavy atom. The maximum Gasteiger partial charge on any atom is 0.237 e. The molecular weight excluding hydrogens is 224 g/mol. The number of nitrogens with one attached hydrogen (secondary N) is 2. The molecule has 1 heterocycles. The van der Waals surface area contributed by atoms with E-state index in [1.807, 2.05) is 0 Å². The number of amides is 1. The van der Waals surface area contributed by atoms with Crippen LogP contribution in [0.2, 0.25) is 0 Å². The van der Waals surface area contributed by atoms with Crippen LogP contribution in [0.4, 0.5) is 0 Å². The molecule has 104 valence electrons. The van der Waals surface area contributed by atoms with Gasteiger partial charge >= 0.3 is 0 Å². The molecule has 0 bridgehead atoms. The molecule has 0 spiro atoms. The highest BCUT2D eigenvalue weighted by Gasteiger charge is 2.31. The zero-order valence-electron chi connectivity index (χ0n) is 12.1. The summed E-state index contributed by atoms with van der Waals surface area (Å²) in [6.45, 7) is 7.90. The van der Waals surface area contributed by atoms with Gasteiger partial charge in [-0.05, 0) is 49.9 Å². The van der Waals surface area contributed by atoms with Crippen molar-refractivity contribution < 1.29 is 4.79 Å². The van der Waals surface area contributed by atoms with Crippen LogP contribution < -0.4 is 10.6 Å². The van der Waals surface area contributed by atoms with Crippen molar-refractivity contribution in [1.82, 2.24) is 10.6 Å². The molecule has 3 nitrogen and oxygen atoms in total. The highest BCUT2D eigenvalue weighted by Crippen LogP contribution is 2.37. The van der Waals surface area contributed by atoms with Gasteiger partial charge in [-0.15, -0.1) is 0 Å². The van der Waals surface area contributed by atoms with Crippen molar-refractivity contribution in [3.63, 3.8) is 0 Å². The summed E-state index contributed by atoms with van der Waals surface area (Å²) < 4.78 is 0. The molecule has 0 aromatic heterocycles. The van der Waals surface area contributed by atoms with Crippen molar-refractivity contribution in [2.75, 3.05) is 6.54 Å². The van der Waals surface area contributed by atoms with Crippen LogP contribution in [0.5, 0.6) is 0 Å². The highest BCUT2D eigenvalue weighted by molar-refractivity contribution is 5.82. The number of carbonyl (C=O) groups excluding carboxylic acids is 1. The predicted octanol–water partition coefficient (Wildman–Crippen LogP) is 2.46. The molecule has 18 heavy (non-hydrogen) atoms. The summed E-state index contributed by atoms with van der Waals surface area (Å²) >= 11 is 0. The minimum Gasteiger partial charge on any atom is -0.355 e. The lowest BCUT2D eigenvalue weighted by Crippen LogP contribution is -2.52. The van der Waals surface area contributed by atoms with Gasteiger partial charge in [-0.25, -0.2) is 0 Å². The normalized spacial score (nSPS) is 34.2. The lowest BCUT2D eigenvalue weighted by Gasteiger charge is -2.38. The number of hydrogen-bond donors (Lipinski definition) is 2. The largest absolute Gasteiger partial charge is 0.355 e. The summed E-state index contributed by atoms with van der Waals surface area (Å²) in [5, 5.41) is 6.52. The van der Waals surface area contributed by atoms with Crippen molar-refractivity contribution in [2.24, 2.45) is 11.3 Å². The van der Waals surface area contributed by atoms with Crippen LogP contribution in [-0.4, -0.2) is 24.5 Å². The lowest BCUT2D eigenvalue weighted by atomic mass is 9.71. The molecule has 2 fully saturated rings. The van der Waals surface area contributed by atoms with Gasteiger partial charge in [0, 0.05) is 12.6 Å². The van der Waals surface area contributed by atoms with E-state index in [1.54, 1.807) is 0 Å². The van der Waals surface area contributed by atoms with E-state index in [4.69, 9.17) is 0 Å². The lowest BCUT2D eigenvalue weighted by molar-refractivity contribution is -0.124.